The van der Waals surface area contributed by atoms with Gasteiger partial charge in [-0.3, -0.25) is 0 Å². The third-order valence-corrected chi connectivity index (χ3v) is 4.12. The number of rotatable bonds is 6. The molecule has 2 aromatic rings. The van der Waals surface area contributed by atoms with Crippen molar-refractivity contribution in [2.75, 3.05) is 13.9 Å². The second-order valence-electron chi connectivity index (χ2n) is 4.63. The molecular formula is C17H14Br2O4. The summed E-state index contributed by atoms with van der Waals surface area (Å²) in [7, 11) is 1.56. The van der Waals surface area contributed by atoms with Crippen LogP contribution in [0.4, 0.5) is 0 Å². The van der Waals surface area contributed by atoms with Gasteiger partial charge in [-0.2, -0.15) is 0 Å². The molecule has 0 radical (unpaired) electrons. The molecule has 0 saturated carbocycles. The van der Waals surface area contributed by atoms with Crippen LogP contribution >= 0.6 is 31.9 Å². The molecule has 0 spiro atoms. The van der Waals surface area contributed by atoms with Crippen molar-refractivity contribution in [2.45, 2.75) is 0 Å². The van der Waals surface area contributed by atoms with Crippen molar-refractivity contribution in [3.8, 4) is 5.75 Å². The van der Waals surface area contributed by atoms with E-state index in [2.05, 4.69) is 31.9 Å². The molecule has 0 aliphatic heterocycles. The maximum absolute atomic E-state index is 11.0. The molecule has 0 fully saturated rings. The smallest absolute Gasteiger partial charge is 0.335 e. The number of methoxy groups -OCH3 is 1. The minimum atomic E-state index is -0.939. The predicted octanol–water partition coefficient (Wildman–Crippen LogP) is 5.06. The van der Waals surface area contributed by atoms with Crippen LogP contribution < -0.4 is 4.74 Å². The van der Waals surface area contributed by atoms with Crippen LogP contribution in [0.3, 0.4) is 0 Å². The average molecular weight is 442 g/mol. The van der Waals surface area contributed by atoms with Crippen LogP contribution in [0.25, 0.3) is 12.2 Å². The lowest BCUT2D eigenvalue weighted by Crippen LogP contribution is -2.00. The van der Waals surface area contributed by atoms with Gasteiger partial charge in [-0.15, -0.1) is 0 Å². The van der Waals surface area contributed by atoms with E-state index in [4.69, 9.17) is 14.6 Å². The molecule has 0 atom stereocenters. The minimum absolute atomic E-state index is 0.161. The van der Waals surface area contributed by atoms with Gasteiger partial charge in [0.1, 0.15) is 0 Å². The zero-order chi connectivity index (χ0) is 16.8. The maximum atomic E-state index is 11.0. The first-order valence-electron chi connectivity index (χ1n) is 6.63. The van der Waals surface area contributed by atoms with E-state index in [-0.39, 0.29) is 12.4 Å². The highest BCUT2D eigenvalue weighted by atomic mass is 79.9. The second-order valence-corrected chi connectivity index (χ2v) is 6.34. The first kappa shape index (κ1) is 17.7. The van der Waals surface area contributed by atoms with Crippen molar-refractivity contribution >= 4 is 50.0 Å². The largest absolute Gasteiger partial charge is 0.478 e. The Hall–Kier alpha value is -1.63. The Morgan fingerprint density at radius 2 is 1.78 bits per heavy atom. The highest BCUT2D eigenvalue weighted by molar-refractivity contribution is 9.11. The lowest BCUT2D eigenvalue weighted by atomic mass is 10.1. The van der Waals surface area contributed by atoms with Crippen molar-refractivity contribution in [2.24, 2.45) is 0 Å². The predicted molar refractivity (Wildman–Crippen MR) is 96.7 cm³/mol. The summed E-state index contributed by atoms with van der Waals surface area (Å²) in [5.41, 5.74) is 2.02. The number of ether oxygens (including phenoxy) is 2. The third-order valence-electron chi connectivity index (χ3n) is 2.94. The van der Waals surface area contributed by atoms with Gasteiger partial charge in [-0.05, 0) is 67.3 Å². The summed E-state index contributed by atoms with van der Waals surface area (Å²) in [4.78, 5) is 11.0. The highest BCUT2D eigenvalue weighted by Crippen LogP contribution is 2.35. The summed E-state index contributed by atoms with van der Waals surface area (Å²) >= 11 is 6.93. The molecule has 0 saturated heterocycles. The number of hydrogen-bond donors (Lipinski definition) is 1. The van der Waals surface area contributed by atoms with Gasteiger partial charge in [0.25, 0.3) is 0 Å². The van der Waals surface area contributed by atoms with Crippen molar-refractivity contribution in [1.82, 2.24) is 0 Å². The van der Waals surface area contributed by atoms with Crippen molar-refractivity contribution in [3.05, 3.63) is 62.0 Å². The van der Waals surface area contributed by atoms with E-state index in [0.29, 0.717) is 5.75 Å². The van der Waals surface area contributed by atoms with E-state index >= 15 is 0 Å². The number of benzene rings is 2. The Bertz CT molecular complexity index is 718. The fraction of sp³-hybridized carbons (Fsp3) is 0.118. The molecule has 0 aliphatic carbocycles. The van der Waals surface area contributed by atoms with E-state index in [9.17, 15) is 4.79 Å². The molecule has 23 heavy (non-hydrogen) atoms. The summed E-state index contributed by atoms with van der Waals surface area (Å²) in [6, 6.07) is 10.6. The van der Waals surface area contributed by atoms with Crippen LogP contribution in [0.5, 0.6) is 5.75 Å². The van der Waals surface area contributed by atoms with Crippen LogP contribution in [0.1, 0.15) is 21.5 Å². The summed E-state index contributed by atoms with van der Waals surface area (Å²) in [6.45, 7) is 0.161. The highest BCUT2D eigenvalue weighted by Gasteiger charge is 2.08. The van der Waals surface area contributed by atoms with Gasteiger partial charge in [0.05, 0.1) is 14.5 Å². The maximum Gasteiger partial charge on any atom is 0.335 e. The van der Waals surface area contributed by atoms with E-state index < -0.39 is 5.97 Å². The monoisotopic (exact) mass is 440 g/mol. The van der Waals surface area contributed by atoms with Gasteiger partial charge < -0.3 is 14.6 Å². The Kier molecular flexibility index (Phi) is 6.38. The van der Waals surface area contributed by atoms with Gasteiger partial charge in [-0.1, -0.05) is 24.3 Å². The van der Waals surface area contributed by atoms with Crippen molar-refractivity contribution in [1.29, 1.82) is 0 Å². The van der Waals surface area contributed by atoms with Gasteiger partial charge >= 0.3 is 5.97 Å². The standard InChI is InChI=1S/C17H14Br2O4/c1-22-10-23-16-14(18)8-12(9-15(16)19)6-5-11-3-2-4-13(7-11)17(20)21/h2-9H,10H2,1H3,(H,20,21)/b6-5+. The molecule has 2 rings (SSSR count). The van der Waals surface area contributed by atoms with Crippen molar-refractivity contribution in [3.63, 3.8) is 0 Å². The van der Waals surface area contributed by atoms with Gasteiger partial charge in [-0.25, -0.2) is 4.79 Å². The van der Waals surface area contributed by atoms with E-state index in [1.165, 1.54) is 0 Å². The lowest BCUT2D eigenvalue weighted by molar-refractivity contribution is 0.0500. The van der Waals surface area contributed by atoms with Crippen LogP contribution in [-0.2, 0) is 4.74 Å². The number of aromatic carboxylic acids is 1. The van der Waals surface area contributed by atoms with Crippen LogP contribution in [0, 0.1) is 0 Å². The molecule has 0 aliphatic rings. The van der Waals surface area contributed by atoms with Gasteiger partial charge in [0, 0.05) is 7.11 Å². The minimum Gasteiger partial charge on any atom is -0.478 e. The Balaban J connectivity index is 2.23. The molecule has 1 N–H and O–H groups in total. The molecule has 0 unspecified atom stereocenters. The first-order valence-corrected chi connectivity index (χ1v) is 8.22. The van der Waals surface area contributed by atoms with E-state index in [1.807, 2.05) is 30.4 Å². The molecule has 120 valence electrons. The fourth-order valence-electron chi connectivity index (χ4n) is 1.90. The molecule has 0 heterocycles. The zero-order valence-corrected chi connectivity index (χ0v) is 15.4. The summed E-state index contributed by atoms with van der Waals surface area (Å²) in [5.74, 6) is -0.276. The molecule has 2 aromatic carbocycles. The Morgan fingerprint density at radius 3 is 2.39 bits per heavy atom. The van der Waals surface area contributed by atoms with E-state index in [0.717, 1.165) is 20.1 Å². The quantitative estimate of drug-likeness (QED) is 0.502. The first-order chi connectivity index (χ1) is 11.0. The number of hydrogen-bond acceptors (Lipinski definition) is 3. The van der Waals surface area contributed by atoms with Crippen LogP contribution in [-0.4, -0.2) is 25.0 Å². The summed E-state index contributed by atoms with van der Waals surface area (Å²) < 4.78 is 12.0. The van der Waals surface area contributed by atoms with Gasteiger partial charge in [0.2, 0.25) is 0 Å². The SMILES string of the molecule is COCOc1c(Br)cc(/C=C/c2cccc(C(=O)O)c2)cc1Br. The summed E-state index contributed by atoms with van der Waals surface area (Å²) in [5, 5.41) is 9.01. The van der Waals surface area contributed by atoms with E-state index in [1.54, 1.807) is 25.3 Å². The zero-order valence-electron chi connectivity index (χ0n) is 12.3. The topological polar surface area (TPSA) is 55.8 Å². The number of carboxylic acid groups (broad SMARTS) is 1. The molecular weight excluding hydrogens is 428 g/mol. The fourth-order valence-corrected chi connectivity index (χ4v) is 3.35. The molecule has 0 bridgehead atoms. The summed E-state index contributed by atoms with van der Waals surface area (Å²) in [6.07, 6.45) is 3.76. The normalized spacial score (nSPS) is 10.9. The molecule has 6 heteroatoms. The Morgan fingerprint density at radius 1 is 1.13 bits per heavy atom. The molecule has 4 nitrogen and oxygen atoms in total. The third kappa shape index (κ3) is 4.92. The van der Waals surface area contributed by atoms with Crippen molar-refractivity contribution < 1.29 is 19.4 Å². The molecule has 0 aromatic heterocycles. The number of halogens is 2. The number of carboxylic acids is 1. The molecule has 0 amide bonds. The average Bonchev–Trinajstić information content (AvgIpc) is 2.52. The second kappa shape index (κ2) is 8.29. The Labute approximate surface area is 151 Å². The van der Waals surface area contributed by atoms with Gasteiger partial charge in [0.15, 0.2) is 12.5 Å². The van der Waals surface area contributed by atoms with Crippen LogP contribution in [0.2, 0.25) is 0 Å². The lowest BCUT2D eigenvalue weighted by Gasteiger charge is -2.10. The van der Waals surface area contributed by atoms with Crippen LogP contribution in [0.15, 0.2) is 45.3 Å². The number of carbonyl (C=O) groups is 1.